The summed E-state index contributed by atoms with van der Waals surface area (Å²) in [6.07, 6.45) is -1.48. The number of ether oxygens (including phenoxy) is 3. The van der Waals surface area contributed by atoms with E-state index < -0.39 is 18.4 Å². The summed E-state index contributed by atoms with van der Waals surface area (Å²) in [7, 11) is 0. The summed E-state index contributed by atoms with van der Waals surface area (Å²) in [5, 5.41) is 10.3. The predicted molar refractivity (Wildman–Crippen MR) is 66.1 cm³/mol. The summed E-state index contributed by atoms with van der Waals surface area (Å²) < 4.78 is 15.3. The number of epoxide rings is 3. The molecule has 4 heterocycles. The van der Waals surface area contributed by atoms with Crippen molar-refractivity contribution < 1.29 is 28.9 Å². The fourth-order valence-corrected chi connectivity index (χ4v) is 2.42. The summed E-state index contributed by atoms with van der Waals surface area (Å²) in [5.41, 5.74) is 0. The molecule has 3 atom stereocenters. The molecule has 4 saturated heterocycles. The van der Waals surface area contributed by atoms with Crippen molar-refractivity contribution in [2.75, 3.05) is 39.5 Å². The predicted octanol–water partition coefficient (Wildman–Crippen LogP) is -1.38. The van der Waals surface area contributed by atoms with Crippen molar-refractivity contribution in [1.29, 1.82) is 0 Å². The number of hydrogen-bond donors (Lipinski definition) is 1. The molecule has 0 aliphatic carbocycles. The second-order valence-corrected chi connectivity index (χ2v) is 5.69. The number of aliphatic hydroxyl groups is 1. The maximum Gasteiger partial charge on any atom is 0.331 e. The Bertz CT molecular complexity index is 428. The lowest BCUT2D eigenvalue weighted by molar-refractivity contribution is -0.0963. The Labute approximate surface area is 120 Å². The number of amides is 4. The molecule has 4 fully saturated rings. The zero-order valence-corrected chi connectivity index (χ0v) is 11.4. The van der Waals surface area contributed by atoms with Crippen LogP contribution in [0.1, 0.15) is 0 Å². The van der Waals surface area contributed by atoms with E-state index in [-0.39, 0.29) is 37.9 Å². The molecule has 0 bridgehead atoms. The molecule has 4 aliphatic rings. The number of aliphatic hydroxyl groups excluding tert-OH is 1. The van der Waals surface area contributed by atoms with Crippen LogP contribution in [0.25, 0.3) is 0 Å². The quantitative estimate of drug-likeness (QED) is 0.606. The number of urea groups is 2. The van der Waals surface area contributed by atoms with Gasteiger partial charge in [-0.1, -0.05) is 0 Å². The maximum absolute atomic E-state index is 12.4. The normalized spacial score (nSPS) is 38.0. The van der Waals surface area contributed by atoms with Gasteiger partial charge >= 0.3 is 12.1 Å². The SMILES string of the molecule is O=C1N(CC2CO2)C(=O)N(CC2CO2)C(O)N1CC1CO1. The van der Waals surface area contributed by atoms with Crippen LogP contribution in [-0.4, -0.2) is 96.0 Å². The Hall–Kier alpha value is -1.42. The molecule has 9 heteroatoms. The van der Waals surface area contributed by atoms with Crippen molar-refractivity contribution in [3.8, 4) is 0 Å². The minimum absolute atomic E-state index is 0.0603. The average molecular weight is 299 g/mol. The first-order valence-corrected chi connectivity index (χ1v) is 7.05. The van der Waals surface area contributed by atoms with Gasteiger partial charge in [0.2, 0.25) is 6.35 Å². The summed E-state index contributed by atoms with van der Waals surface area (Å²) in [4.78, 5) is 28.5. The smallest absolute Gasteiger partial charge is 0.331 e. The minimum atomic E-state index is -1.27. The first kappa shape index (κ1) is 13.3. The van der Waals surface area contributed by atoms with E-state index in [0.717, 1.165) is 4.90 Å². The molecular weight excluding hydrogens is 282 g/mol. The van der Waals surface area contributed by atoms with Gasteiger partial charge in [-0.3, -0.25) is 9.80 Å². The monoisotopic (exact) mass is 299 g/mol. The third-order valence-corrected chi connectivity index (χ3v) is 3.90. The van der Waals surface area contributed by atoms with E-state index in [1.54, 1.807) is 0 Å². The van der Waals surface area contributed by atoms with Gasteiger partial charge in [0.05, 0.1) is 57.8 Å². The van der Waals surface area contributed by atoms with Gasteiger partial charge in [0.25, 0.3) is 0 Å². The second kappa shape index (κ2) is 4.80. The van der Waals surface area contributed by atoms with Crippen LogP contribution >= 0.6 is 0 Å². The molecule has 116 valence electrons. The lowest BCUT2D eigenvalue weighted by Crippen LogP contribution is -2.67. The lowest BCUT2D eigenvalue weighted by atomic mass is 10.3. The van der Waals surface area contributed by atoms with Crippen LogP contribution in [0.2, 0.25) is 0 Å². The van der Waals surface area contributed by atoms with Crippen molar-refractivity contribution >= 4 is 12.1 Å². The maximum atomic E-state index is 12.4. The third-order valence-electron chi connectivity index (χ3n) is 3.90. The van der Waals surface area contributed by atoms with Crippen LogP contribution in [0.3, 0.4) is 0 Å². The van der Waals surface area contributed by atoms with Crippen LogP contribution < -0.4 is 0 Å². The van der Waals surface area contributed by atoms with Gasteiger partial charge in [-0.2, -0.15) is 0 Å². The Kier molecular flexibility index (Phi) is 3.03. The molecule has 9 nitrogen and oxygen atoms in total. The fraction of sp³-hybridized carbons (Fsp3) is 0.833. The fourth-order valence-electron chi connectivity index (χ4n) is 2.42. The second-order valence-electron chi connectivity index (χ2n) is 5.69. The van der Waals surface area contributed by atoms with E-state index in [2.05, 4.69) is 0 Å². The van der Waals surface area contributed by atoms with Crippen LogP contribution in [0, 0.1) is 0 Å². The van der Waals surface area contributed by atoms with E-state index in [9.17, 15) is 14.7 Å². The van der Waals surface area contributed by atoms with Crippen molar-refractivity contribution in [3.63, 3.8) is 0 Å². The molecule has 3 unspecified atom stereocenters. The number of nitrogens with zero attached hydrogens (tertiary/aromatic N) is 3. The van der Waals surface area contributed by atoms with Gasteiger partial charge in [0.15, 0.2) is 0 Å². The molecule has 0 spiro atoms. The molecule has 1 N–H and O–H groups in total. The van der Waals surface area contributed by atoms with Crippen molar-refractivity contribution in [3.05, 3.63) is 0 Å². The largest absolute Gasteiger partial charge is 0.371 e. The zero-order valence-electron chi connectivity index (χ0n) is 11.4. The van der Waals surface area contributed by atoms with Crippen LogP contribution in [-0.2, 0) is 14.2 Å². The summed E-state index contributed by atoms with van der Waals surface area (Å²) >= 11 is 0. The minimum Gasteiger partial charge on any atom is -0.371 e. The number of carbonyl (C=O) groups is 2. The lowest BCUT2D eigenvalue weighted by Gasteiger charge is -2.44. The van der Waals surface area contributed by atoms with Crippen LogP contribution in [0.4, 0.5) is 9.59 Å². The van der Waals surface area contributed by atoms with Crippen LogP contribution in [0.15, 0.2) is 0 Å². The van der Waals surface area contributed by atoms with E-state index in [1.165, 1.54) is 9.80 Å². The van der Waals surface area contributed by atoms with E-state index >= 15 is 0 Å². The Balaban J connectivity index is 1.53. The first-order chi connectivity index (χ1) is 10.1. The molecule has 0 radical (unpaired) electrons. The highest BCUT2D eigenvalue weighted by Gasteiger charge is 2.48. The van der Waals surface area contributed by atoms with Crippen molar-refractivity contribution in [1.82, 2.24) is 14.7 Å². The third kappa shape index (κ3) is 2.69. The number of imide groups is 1. The highest BCUT2D eigenvalue weighted by molar-refractivity contribution is 5.96. The average Bonchev–Trinajstić information content (AvgIpc) is 3.31. The van der Waals surface area contributed by atoms with Gasteiger partial charge in [-0.15, -0.1) is 0 Å². The highest BCUT2D eigenvalue weighted by Crippen LogP contribution is 2.25. The molecule has 21 heavy (non-hydrogen) atoms. The van der Waals surface area contributed by atoms with E-state index in [0.29, 0.717) is 19.8 Å². The topological polar surface area (TPSA) is 102 Å². The summed E-state index contributed by atoms with van der Waals surface area (Å²) in [6.45, 7) is 2.46. The number of carbonyl (C=O) groups excluding carboxylic acids is 2. The van der Waals surface area contributed by atoms with Crippen molar-refractivity contribution in [2.45, 2.75) is 24.7 Å². The summed E-state index contributed by atoms with van der Waals surface area (Å²) in [5.74, 6) is 0. The molecule has 0 aromatic rings. The van der Waals surface area contributed by atoms with E-state index in [1.807, 2.05) is 0 Å². The van der Waals surface area contributed by atoms with Gasteiger partial charge < -0.3 is 19.3 Å². The number of hydrogen-bond acceptors (Lipinski definition) is 6. The molecule has 4 amide bonds. The summed E-state index contributed by atoms with van der Waals surface area (Å²) in [6, 6.07) is -0.988. The van der Waals surface area contributed by atoms with Gasteiger partial charge in [-0.05, 0) is 0 Å². The molecular formula is C12H17N3O6. The van der Waals surface area contributed by atoms with Crippen LogP contribution in [0.5, 0.6) is 0 Å². The molecule has 4 aliphatic heterocycles. The number of rotatable bonds is 6. The van der Waals surface area contributed by atoms with Crippen molar-refractivity contribution in [2.24, 2.45) is 0 Å². The van der Waals surface area contributed by atoms with Gasteiger partial charge in [0, 0.05) is 0 Å². The highest BCUT2D eigenvalue weighted by atomic mass is 16.6. The standard InChI is InChI=1S/C12H17N3O6/c16-10-13(1-7-4-19-7)11(17)15(3-9-6-21-9)12(18)14(10)2-8-5-20-8/h7-10,16H,1-6H2. The van der Waals surface area contributed by atoms with Gasteiger partial charge in [0.1, 0.15) is 0 Å². The Morgan fingerprint density at radius 2 is 1.24 bits per heavy atom. The first-order valence-electron chi connectivity index (χ1n) is 7.05. The molecule has 0 saturated carbocycles. The molecule has 0 aromatic heterocycles. The van der Waals surface area contributed by atoms with Gasteiger partial charge in [-0.25, -0.2) is 14.5 Å². The molecule has 4 rings (SSSR count). The Morgan fingerprint density at radius 3 is 1.62 bits per heavy atom. The zero-order chi connectivity index (χ0) is 14.6. The Morgan fingerprint density at radius 1 is 0.857 bits per heavy atom. The molecule has 0 aromatic carbocycles. The van der Waals surface area contributed by atoms with E-state index in [4.69, 9.17) is 14.2 Å².